The van der Waals surface area contributed by atoms with Crippen LogP contribution in [-0.2, 0) is 6.54 Å². The van der Waals surface area contributed by atoms with Crippen molar-refractivity contribution in [2.75, 3.05) is 5.73 Å². The maximum atomic E-state index is 6.22. The number of thiophene rings is 1. The van der Waals surface area contributed by atoms with Gasteiger partial charge in [0, 0.05) is 4.88 Å². The maximum absolute atomic E-state index is 6.22. The summed E-state index contributed by atoms with van der Waals surface area (Å²) in [6.07, 6.45) is 0. The van der Waals surface area contributed by atoms with Gasteiger partial charge in [0.2, 0.25) is 5.95 Å². The van der Waals surface area contributed by atoms with Gasteiger partial charge in [-0.3, -0.25) is 0 Å². The van der Waals surface area contributed by atoms with Crippen molar-refractivity contribution in [2.45, 2.75) is 6.54 Å². The van der Waals surface area contributed by atoms with Crippen LogP contribution in [0, 0.1) is 0 Å². The Balaban J connectivity index is 2.13. The molecule has 0 bridgehead atoms. The molecule has 0 spiro atoms. The van der Waals surface area contributed by atoms with Crippen molar-refractivity contribution >= 4 is 55.8 Å². The van der Waals surface area contributed by atoms with Crippen LogP contribution in [0.4, 0.5) is 5.95 Å². The first-order valence-electron chi connectivity index (χ1n) is 5.29. The number of benzene rings is 1. The van der Waals surface area contributed by atoms with Gasteiger partial charge in [-0.15, -0.1) is 11.3 Å². The molecule has 0 atom stereocenters. The van der Waals surface area contributed by atoms with Crippen molar-refractivity contribution in [1.82, 2.24) is 9.55 Å². The number of hydrogen-bond donors (Lipinski definition) is 1. The zero-order valence-electron chi connectivity index (χ0n) is 9.23. The Bertz CT molecular complexity index is 719. The first-order valence-corrected chi connectivity index (χ1v) is 7.28. The van der Waals surface area contributed by atoms with Crippen LogP contribution in [0.1, 0.15) is 4.88 Å². The van der Waals surface area contributed by atoms with Crippen molar-refractivity contribution in [3.8, 4) is 0 Å². The fourth-order valence-electron chi connectivity index (χ4n) is 1.91. The minimum atomic E-state index is 0.489. The normalized spacial score (nSPS) is 11.2. The highest BCUT2D eigenvalue weighted by atomic mass is 79.9. The van der Waals surface area contributed by atoms with E-state index in [0.717, 1.165) is 14.8 Å². The highest BCUT2D eigenvalue weighted by Crippen LogP contribution is 2.29. The van der Waals surface area contributed by atoms with Gasteiger partial charge in [-0.25, -0.2) is 4.98 Å². The fraction of sp³-hybridized carbons (Fsp3) is 0.0833. The van der Waals surface area contributed by atoms with Crippen LogP contribution < -0.4 is 5.73 Å². The molecule has 0 fully saturated rings. The van der Waals surface area contributed by atoms with Gasteiger partial charge in [-0.2, -0.15) is 0 Å². The average Bonchev–Trinajstić information content (AvgIpc) is 2.85. The van der Waals surface area contributed by atoms with E-state index in [2.05, 4.69) is 27.0 Å². The van der Waals surface area contributed by atoms with Gasteiger partial charge in [-0.05, 0) is 40.2 Å². The SMILES string of the molecule is Nc1nc2cccc(Cl)c2n1Cc1ccc(Br)s1. The molecule has 18 heavy (non-hydrogen) atoms. The molecule has 0 radical (unpaired) electrons. The quantitative estimate of drug-likeness (QED) is 0.760. The molecule has 0 aliphatic heterocycles. The van der Waals surface area contributed by atoms with E-state index in [4.69, 9.17) is 17.3 Å². The van der Waals surface area contributed by atoms with Crippen LogP contribution in [0.2, 0.25) is 5.02 Å². The number of aromatic nitrogens is 2. The summed E-state index contributed by atoms with van der Waals surface area (Å²) in [6.45, 7) is 0.683. The number of nitrogen functional groups attached to an aromatic ring is 1. The summed E-state index contributed by atoms with van der Waals surface area (Å²) < 4.78 is 3.04. The molecule has 2 heterocycles. The first-order chi connectivity index (χ1) is 8.65. The molecule has 3 rings (SSSR count). The largest absolute Gasteiger partial charge is 0.369 e. The van der Waals surface area contributed by atoms with Crippen molar-refractivity contribution in [2.24, 2.45) is 0 Å². The molecule has 0 amide bonds. The molecular weight excluding hydrogens is 334 g/mol. The number of anilines is 1. The smallest absolute Gasteiger partial charge is 0.201 e. The average molecular weight is 343 g/mol. The lowest BCUT2D eigenvalue weighted by Gasteiger charge is -2.05. The summed E-state index contributed by atoms with van der Waals surface area (Å²) >= 11 is 11.4. The zero-order chi connectivity index (χ0) is 12.7. The monoisotopic (exact) mass is 341 g/mol. The first kappa shape index (κ1) is 12.0. The number of rotatable bonds is 2. The number of fused-ring (bicyclic) bond motifs is 1. The second-order valence-electron chi connectivity index (χ2n) is 3.87. The van der Waals surface area contributed by atoms with E-state index in [0.29, 0.717) is 17.5 Å². The Morgan fingerprint density at radius 2 is 2.17 bits per heavy atom. The number of nitrogens with zero attached hydrogens (tertiary/aromatic N) is 2. The van der Waals surface area contributed by atoms with E-state index in [1.165, 1.54) is 4.88 Å². The third-order valence-corrected chi connectivity index (χ3v) is 4.60. The molecule has 0 saturated carbocycles. The summed E-state index contributed by atoms with van der Waals surface area (Å²) in [5.41, 5.74) is 7.68. The molecule has 2 aromatic heterocycles. The lowest BCUT2D eigenvalue weighted by Crippen LogP contribution is -2.03. The van der Waals surface area contributed by atoms with Gasteiger partial charge >= 0.3 is 0 Å². The van der Waals surface area contributed by atoms with Crippen LogP contribution in [0.25, 0.3) is 11.0 Å². The number of nitrogens with two attached hydrogens (primary N) is 1. The standard InChI is InChI=1S/C12H9BrClN3S/c13-10-5-4-7(18-10)6-17-11-8(14)2-1-3-9(11)16-12(17)15/h1-5H,6H2,(H2,15,16). The van der Waals surface area contributed by atoms with Gasteiger partial charge in [0.25, 0.3) is 0 Å². The van der Waals surface area contributed by atoms with Crippen molar-refractivity contribution < 1.29 is 0 Å². The summed E-state index contributed by atoms with van der Waals surface area (Å²) in [6, 6.07) is 9.74. The van der Waals surface area contributed by atoms with E-state index in [1.54, 1.807) is 11.3 Å². The fourth-order valence-corrected chi connectivity index (χ4v) is 3.66. The number of para-hydroxylation sites is 1. The third-order valence-electron chi connectivity index (χ3n) is 2.69. The van der Waals surface area contributed by atoms with Crippen LogP contribution in [0.15, 0.2) is 34.1 Å². The topological polar surface area (TPSA) is 43.8 Å². The number of halogens is 2. The second kappa shape index (κ2) is 4.57. The van der Waals surface area contributed by atoms with Gasteiger partial charge < -0.3 is 10.3 Å². The van der Waals surface area contributed by atoms with Crippen LogP contribution in [0.5, 0.6) is 0 Å². The van der Waals surface area contributed by atoms with E-state index in [1.807, 2.05) is 28.8 Å². The zero-order valence-corrected chi connectivity index (χ0v) is 12.4. The maximum Gasteiger partial charge on any atom is 0.201 e. The van der Waals surface area contributed by atoms with Gasteiger partial charge in [-0.1, -0.05) is 17.7 Å². The minimum Gasteiger partial charge on any atom is -0.369 e. The predicted octanol–water partition coefficient (Wildman–Crippen LogP) is 4.14. The lowest BCUT2D eigenvalue weighted by atomic mass is 10.3. The van der Waals surface area contributed by atoms with Gasteiger partial charge in [0.1, 0.15) is 0 Å². The highest BCUT2D eigenvalue weighted by Gasteiger charge is 2.12. The molecule has 1 aromatic carbocycles. The lowest BCUT2D eigenvalue weighted by molar-refractivity contribution is 0.853. The van der Waals surface area contributed by atoms with Crippen LogP contribution >= 0.6 is 38.9 Å². The Labute approximate surface area is 121 Å². The molecule has 0 saturated heterocycles. The molecule has 6 heteroatoms. The molecule has 0 aliphatic carbocycles. The molecule has 0 unspecified atom stereocenters. The second-order valence-corrected chi connectivity index (χ2v) is 6.82. The molecule has 2 N–H and O–H groups in total. The minimum absolute atomic E-state index is 0.489. The van der Waals surface area contributed by atoms with Crippen molar-refractivity contribution in [1.29, 1.82) is 0 Å². The van der Waals surface area contributed by atoms with E-state index >= 15 is 0 Å². The Morgan fingerprint density at radius 3 is 2.89 bits per heavy atom. The van der Waals surface area contributed by atoms with Crippen molar-refractivity contribution in [3.63, 3.8) is 0 Å². The van der Waals surface area contributed by atoms with Gasteiger partial charge in [0.15, 0.2) is 0 Å². The van der Waals surface area contributed by atoms with E-state index < -0.39 is 0 Å². The summed E-state index contributed by atoms with van der Waals surface area (Å²) in [5.74, 6) is 0.489. The molecule has 0 aliphatic rings. The summed E-state index contributed by atoms with van der Waals surface area (Å²) in [4.78, 5) is 5.53. The molecule has 3 aromatic rings. The third kappa shape index (κ3) is 2.02. The molecular formula is C12H9BrClN3S. The highest BCUT2D eigenvalue weighted by molar-refractivity contribution is 9.11. The molecule has 92 valence electrons. The predicted molar refractivity (Wildman–Crippen MR) is 80.3 cm³/mol. The molecule has 3 nitrogen and oxygen atoms in total. The Kier molecular flexibility index (Phi) is 3.05. The summed E-state index contributed by atoms with van der Waals surface area (Å²) in [5, 5.41) is 0.673. The Morgan fingerprint density at radius 1 is 1.33 bits per heavy atom. The van der Waals surface area contributed by atoms with Crippen LogP contribution in [-0.4, -0.2) is 9.55 Å². The van der Waals surface area contributed by atoms with Crippen LogP contribution in [0.3, 0.4) is 0 Å². The van der Waals surface area contributed by atoms with Gasteiger partial charge in [0.05, 0.1) is 26.4 Å². The van der Waals surface area contributed by atoms with E-state index in [9.17, 15) is 0 Å². The number of hydrogen-bond acceptors (Lipinski definition) is 3. The Hall–Kier alpha value is -1.04. The number of imidazole rings is 1. The summed E-state index contributed by atoms with van der Waals surface area (Å²) in [7, 11) is 0. The van der Waals surface area contributed by atoms with E-state index in [-0.39, 0.29) is 0 Å². The van der Waals surface area contributed by atoms with Crippen molar-refractivity contribution in [3.05, 3.63) is 44.0 Å².